The molecule has 0 saturated carbocycles. The van der Waals surface area contributed by atoms with Crippen LogP contribution in [0.2, 0.25) is 0 Å². The van der Waals surface area contributed by atoms with Crippen LogP contribution in [0, 0.1) is 5.82 Å². The third kappa shape index (κ3) is 6.47. The topological polar surface area (TPSA) is 123 Å². The van der Waals surface area contributed by atoms with Crippen LogP contribution in [0.1, 0.15) is 55.7 Å². The number of hydrogen-bond donors (Lipinski definition) is 1. The van der Waals surface area contributed by atoms with Gasteiger partial charge in [0.25, 0.3) is 0 Å². The Labute approximate surface area is 207 Å². The van der Waals surface area contributed by atoms with Gasteiger partial charge in [0, 0.05) is 0 Å². The monoisotopic (exact) mass is 497 g/mol. The highest BCUT2D eigenvalue weighted by molar-refractivity contribution is 6.05. The second-order valence-corrected chi connectivity index (χ2v) is 8.78. The largest absolute Gasteiger partial charge is 0.491 e. The molecule has 0 saturated heterocycles. The molecule has 0 fully saturated rings. The summed E-state index contributed by atoms with van der Waals surface area (Å²) < 4.78 is 30.9. The van der Waals surface area contributed by atoms with Crippen molar-refractivity contribution in [1.29, 1.82) is 0 Å². The maximum Gasteiger partial charge on any atom is 0.435 e. The molecule has 0 aliphatic heterocycles. The standard InChI is InChI=1S/C26H28FN3O6/c1-5-34-24(32)18-11-13-20-22(23(18)35-15-14-21(28)31)19(12-8-16-6-9-17(27)10-7-16)29-30(20)25(33)36-26(2,3)4/h6-13H,5,14-15H2,1-4H3,(H2,28,31)/b12-8+. The number of rotatable bonds is 8. The van der Waals surface area contributed by atoms with Crippen molar-refractivity contribution in [3.8, 4) is 5.75 Å². The average Bonchev–Trinajstić information content (AvgIpc) is 3.17. The number of hydrogen-bond acceptors (Lipinski definition) is 7. The van der Waals surface area contributed by atoms with Crippen molar-refractivity contribution in [2.75, 3.05) is 13.2 Å². The van der Waals surface area contributed by atoms with E-state index in [0.29, 0.717) is 16.5 Å². The van der Waals surface area contributed by atoms with Gasteiger partial charge in [0.05, 0.1) is 36.2 Å². The molecule has 1 amide bonds. The molecule has 36 heavy (non-hydrogen) atoms. The van der Waals surface area contributed by atoms with Gasteiger partial charge in [-0.25, -0.2) is 14.0 Å². The molecule has 0 radical (unpaired) electrons. The van der Waals surface area contributed by atoms with Crippen molar-refractivity contribution >= 4 is 41.0 Å². The van der Waals surface area contributed by atoms with E-state index in [4.69, 9.17) is 19.9 Å². The fourth-order valence-electron chi connectivity index (χ4n) is 3.29. The lowest BCUT2D eigenvalue weighted by molar-refractivity contribution is -0.118. The van der Waals surface area contributed by atoms with Gasteiger partial charge in [-0.05, 0) is 63.6 Å². The quantitative estimate of drug-likeness (QED) is 0.453. The molecule has 10 heteroatoms. The maximum absolute atomic E-state index is 13.3. The highest BCUT2D eigenvalue weighted by Crippen LogP contribution is 2.35. The zero-order chi connectivity index (χ0) is 26.5. The number of aromatic nitrogens is 2. The van der Waals surface area contributed by atoms with E-state index < -0.39 is 23.6 Å². The van der Waals surface area contributed by atoms with Gasteiger partial charge in [0.15, 0.2) is 0 Å². The number of fused-ring (bicyclic) bond motifs is 1. The summed E-state index contributed by atoms with van der Waals surface area (Å²) >= 11 is 0. The molecular formula is C26H28FN3O6. The lowest BCUT2D eigenvalue weighted by atomic mass is 10.1. The Bertz CT molecular complexity index is 1310. The van der Waals surface area contributed by atoms with Crippen molar-refractivity contribution in [3.05, 3.63) is 59.0 Å². The van der Waals surface area contributed by atoms with Crippen molar-refractivity contribution in [2.24, 2.45) is 5.73 Å². The van der Waals surface area contributed by atoms with Gasteiger partial charge in [-0.1, -0.05) is 18.2 Å². The number of halogens is 1. The molecule has 0 aliphatic rings. The van der Waals surface area contributed by atoms with Crippen LogP contribution in [0.15, 0.2) is 36.4 Å². The molecule has 2 aromatic carbocycles. The molecule has 3 rings (SSSR count). The lowest BCUT2D eigenvalue weighted by Gasteiger charge is -2.19. The summed E-state index contributed by atoms with van der Waals surface area (Å²) in [4.78, 5) is 36.9. The molecule has 1 heterocycles. The Kier molecular flexibility index (Phi) is 8.08. The molecule has 9 nitrogen and oxygen atoms in total. The van der Waals surface area contributed by atoms with Gasteiger partial charge in [0.2, 0.25) is 5.91 Å². The fraction of sp³-hybridized carbons (Fsp3) is 0.308. The van der Waals surface area contributed by atoms with E-state index in [-0.39, 0.29) is 42.5 Å². The maximum atomic E-state index is 13.3. The van der Waals surface area contributed by atoms with Gasteiger partial charge in [-0.3, -0.25) is 4.79 Å². The van der Waals surface area contributed by atoms with Gasteiger partial charge in [-0.15, -0.1) is 0 Å². The van der Waals surface area contributed by atoms with E-state index >= 15 is 0 Å². The summed E-state index contributed by atoms with van der Waals surface area (Å²) in [5.41, 5.74) is 5.81. The van der Waals surface area contributed by atoms with Crippen molar-refractivity contribution in [3.63, 3.8) is 0 Å². The van der Waals surface area contributed by atoms with Gasteiger partial charge < -0.3 is 19.9 Å². The van der Waals surface area contributed by atoms with Crippen molar-refractivity contribution in [2.45, 2.75) is 39.7 Å². The number of amides is 1. The SMILES string of the molecule is CCOC(=O)c1ccc2c(c(/C=C/c3ccc(F)cc3)nn2C(=O)OC(C)(C)C)c1OCCC(N)=O. The third-order valence-corrected chi connectivity index (χ3v) is 4.79. The first-order valence-corrected chi connectivity index (χ1v) is 11.3. The lowest BCUT2D eigenvalue weighted by Crippen LogP contribution is -2.27. The molecule has 3 aromatic rings. The second kappa shape index (κ2) is 11.0. The minimum Gasteiger partial charge on any atom is -0.491 e. The normalized spacial score (nSPS) is 11.6. The van der Waals surface area contributed by atoms with E-state index in [2.05, 4.69) is 5.10 Å². The van der Waals surface area contributed by atoms with Crippen molar-refractivity contribution < 1.29 is 33.0 Å². The highest BCUT2D eigenvalue weighted by atomic mass is 19.1. The molecule has 1 aromatic heterocycles. The Morgan fingerprint density at radius 1 is 1.08 bits per heavy atom. The number of nitrogens with zero attached hydrogens (tertiary/aromatic N) is 2. The number of carbonyl (C=O) groups is 3. The molecule has 0 aliphatic carbocycles. The fourth-order valence-corrected chi connectivity index (χ4v) is 3.29. The zero-order valence-electron chi connectivity index (χ0n) is 20.5. The zero-order valence-corrected chi connectivity index (χ0v) is 20.5. The van der Waals surface area contributed by atoms with E-state index in [1.54, 1.807) is 52.0 Å². The van der Waals surface area contributed by atoms with Crippen LogP contribution in [-0.2, 0) is 14.3 Å². The van der Waals surface area contributed by atoms with Crippen LogP contribution < -0.4 is 10.5 Å². The average molecular weight is 498 g/mol. The summed E-state index contributed by atoms with van der Waals surface area (Å²) in [5.74, 6) is -1.52. The van der Waals surface area contributed by atoms with E-state index in [0.717, 1.165) is 4.68 Å². The second-order valence-electron chi connectivity index (χ2n) is 8.78. The third-order valence-electron chi connectivity index (χ3n) is 4.79. The first-order chi connectivity index (χ1) is 17.0. The summed E-state index contributed by atoms with van der Waals surface area (Å²) in [6, 6.07) is 8.77. The van der Waals surface area contributed by atoms with Crippen LogP contribution in [-0.4, -0.2) is 46.6 Å². The van der Waals surface area contributed by atoms with E-state index in [1.165, 1.54) is 24.3 Å². The molecular weight excluding hydrogens is 469 g/mol. The molecule has 0 bridgehead atoms. The van der Waals surface area contributed by atoms with Crippen LogP contribution in [0.5, 0.6) is 5.75 Å². The first-order valence-electron chi connectivity index (χ1n) is 11.3. The Morgan fingerprint density at radius 3 is 2.39 bits per heavy atom. The molecule has 190 valence electrons. The summed E-state index contributed by atoms with van der Waals surface area (Å²) in [6.07, 6.45) is 2.44. The molecule has 2 N–H and O–H groups in total. The molecule has 0 unspecified atom stereocenters. The number of primary amides is 1. The smallest absolute Gasteiger partial charge is 0.435 e. The first kappa shape index (κ1) is 26.4. The van der Waals surface area contributed by atoms with E-state index in [9.17, 15) is 18.8 Å². The minimum atomic E-state index is -0.787. The summed E-state index contributed by atoms with van der Waals surface area (Å²) in [6.45, 7) is 6.86. The van der Waals surface area contributed by atoms with Crippen molar-refractivity contribution in [1.82, 2.24) is 9.78 Å². The Balaban J connectivity index is 2.22. The predicted molar refractivity (Wildman–Crippen MR) is 132 cm³/mol. The van der Waals surface area contributed by atoms with Crippen LogP contribution in [0.3, 0.4) is 0 Å². The molecule has 0 atom stereocenters. The Morgan fingerprint density at radius 2 is 1.78 bits per heavy atom. The summed E-state index contributed by atoms with van der Waals surface area (Å²) in [5, 5.41) is 4.74. The van der Waals surface area contributed by atoms with Crippen LogP contribution >= 0.6 is 0 Å². The predicted octanol–water partition coefficient (Wildman–Crippen LogP) is 4.56. The van der Waals surface area contributed by atoms with Crippen LogP contribution in [0.25, 0.3) is 23.1 Å². The summed E-state index contributed by atoms with van der Waals surface area (Å²) in [7, 11) is 0. The van der Waals surface area contributed by atoms with Gasteiger partial charge >= 0.3 is 12.1 Å². The number of carbonyl (C=O) groups excluding carboxylic acids is 3. The van der Waals surface area contributed by atoms with Gasteiger partial charge in [-0.2, -0.15) is 9.78 Å². The van der Waals surface area contributed by atoms with Gasteiger partial charge in [0.1, 0.15) is 22.7 Å². The number of esters is 1. The van der Waals surface area contributed by atoms with E-state index in [1.807, 2.05) is 0 Å². The molecule has 0 spiro atoms. The minimum absolute atomic E-state index is 0.0840. The number of benzene rings is 2. The highest BCUT2D eigenvalue weighted by Gasteiger charge is 2.26. The number of nitrogens with two attached hydrogens (primary N) is 1. The van der Waals surface area contributed by atoms with Crippen LogP contribution in [0.4, 0.5) is 9.18 Å². The Hall–Kier alpha value is -4.21. The number of ether oxygens (including phenoxy) is 3.